The van der Waals surface area contributed by atoms with E-state index < -0.39 is 0 Å². The number of benzene rings is 1. The molecule has 1 aromatic heterocycles. The highest BCUT2D eigenvalue weighted by atomic mass is 79.9. The molecule has 0 fully saturated rings. The van der Waals surface area contributed by atoms with Crippen molar-refractivity contribution in [2.75, 3.05) is 25.0 Å². The molecule has 0 aliphatic carbocycles. The molecule has 0 aliphatic rings. The summed E-state index contributed by atoms with van der Waals surface area (Å²) >= 11 is 3.17. The molecule has 0 spiro atoms. The zero-order chi connectivity index (χ0) is 13.7. The van der Waals surface area contributed by atoms with Gasteiger partial charge in [0.15, 0.2) is 10.4 Å². The van der Waals surface area contributed by atoms with Crippen molar-refractivity contribution < 1.29 is 9.21 Å². The number of hydrogen-bond acceptors (Lipinski definition) is 3. The number of nitrogens with zero attached hydrogens (tertiary/aromatic N) is 1. The molecule has 19 heavy (non-hydrogen) atoms. The second kappa shape index (κ2) is 6.43. The average molecular weight is 323 g/mol. The highest BCUT2D eigenvalue weighted by Crippen LogP contribution is 2.13. The Morgan fingerprint density at radius 3 is 2.63 bits per heavy atom. The van der Waals surface area contributed by atoms with Crippen molar-refractivity contribution in [2.24, 2.45) is 0 Å². The molecule has 0 saturated heterocycles. The molecule has 0 saturated carbocycles. The lowest BCUT2D eigenvalue weighted by atomic mass is 10.3. The number of halogens is 1. The van der Waals surface area contributed by atoms with Crippen LogP contribution >= 0.6 is 15.9 Å². The number of para-hydroxylation sites is 1. The summed E-state index contributed by atoms with van der Waals surface area (Å²) in [5.74, 6) is 0.112. The lowest BCUT2D eigenvalue weighted by Gasteiger charge is -2.19. The van der Waals surface area contributed by atoms with E-state index in [4.69, 9.17) is 4.42 Å². The summed E-state index contributed by atoms with van der Waals surface area (Å²) in [6, 6.07) is 13.4. The van der Waals surface area contributed by atoms with Crippen LogP contribution in [0.1, 0.15) is 10.6 Å². The zero-order valence-electron chi connectivity index (χ0n) is 10.6. The summed E-state index contributed by atoms with van der Waals surface area (Å²) in [7, 11) is 1.99. The van der Waals surface area contributed by atoms with Crippen LogP contribution in [0.4, 0.5) is 5.69 Å². The molecular weight excluding hydrogens is 308 g/mol. The smallest absolute Gasteiger partial charge is 0.287 e. The Hall–Kier alpha value is -1.75. The fraction of sp³-hybridized carbons (Fsp3) is 0.214. The van der Waals surface area contributed by atoms with E-state index in [0.717, 1.165) is 12.2 Å². The van der Waals surface area contributed by atoms with Gasteiger partial charge in [0.2, 0.25) is 0 Å². The van der Waals surface area contributed by atoms with E-state index in [1.54, 1.807) is 12.1 Å². The molecule has 4 nitrogen and oxygen atoms in total. The van der Waals surface area contributed by atoms with Gasteiger partial charge in [0.25, 0.3) is 5.91 Å². The second-order valence-corrected chi connectivity index (χ2v) is 4.90. The molecule has 2 rings (SSSR count). The summed E-state index contributed by atoms with van der Waals surface area (Å²) in [6.07, 6.45) is 0. The van der Waals surface area contributed by atoms with Crippen molar-refractivity contribution in [1.82, 2.24) is 5.32 Å². The molecule has 2 aromatic rings. The molecular formula is C14H15BrN2O2. The van der Waals surface area contributed by atoms with Gasteiger partial charge in [0, 0.05) is 25.8 Å². The molecule has 0 bridgehead atoms. The number of nitrogens with one attached hydrogen (secondary N) is 1. The number of rotatable bonds is 5. The number of amides is 1. The molecule has 1 aromatic carbocycles. The molecule has 1 N–H and O–H groups in total. The molecule has 1 amide bonds. The first-order valence-electron chi connectivity index (χ1n) is 5.96. The van der Waals surface area contributed by atoms with E-state index >= 15 is 0 Å². The molecule has 0 radical (unpaired) electrons. The van der Waals surface area contributed by atoms with Crippen LogP contribution in [0, 0.1) is 0 Å². The predicted octanol–water partition coefficient (Wildman–Crippen LogP) is 2.91. The zero-order valence-corrected chi connectivity index (χ0v) is 12.2. The number of furan rings is 1. The highest BCUT2D eigenvalue weighted by Gasteiger charge is 2.09. The maximum absolute atomic E-state index is 11.7. The number of anilines is 1. The van der Waals surface area contributed by atoms with Crippen molar-refractivity contribution in [2.45, 2.75) is 0 Å². The van der Waals surface area contributed by atoms with Crippen LogP contribution in [0.25, 0.3) is 0 Å². The normalized spacial score (nSPS) is 10.2. The second-order valence-electron chi connectivity index (χ2n) is 4.12. The molecule has 1 heterocycles. The molecule has 0 atom stereocenters. The molecule has 0 unspecified atom stereocenters. The highest BCUT2D eigenvalue weighted by molar-refractivity contribution is 9.10. The minimum Gasteiger partial charge on any atom is -0.444 e. The van der Waals surface area contributed by atoms with Gasteiger partial charge < -0.3 is 14.6 Å². The fourth-order valence-corrected chi connectivity index (χ4v) is 1.98. The van der Waals surface area contributed by atoms with Crippen molar-refractivity contribution in [1.29, 1.82) is 0 Å². The Morgan fingerprint density at radius 1 is 1.26 bits per heavy atom. The Morgan fingerprint density at radius 2 is 2.00 bits per heavy atom. The van der Waals surface area contributed by atoms with Crippen LogP contribution in [-0.2, 0) is 0 Å². The minimum atomic E-state index is -0.202. The number of carbonyl (C=O) groups excluding carboxylic acids is 1. The Kier molecular flexibility index (Phi) is 4.63. The minimum absolute atomic E-state index is 0.202. The van der Waals surface area contributed by atoms with Crippen LogP contribution in [0.3, 0.4) is 0 Å². The molecule has 5 heteroatoms. The topological polar surface area (TPSA) is 45.5 Å². The van der Waals surface area contributed by atoms with Crippen molar-refractivity contribution in [3.8, 4) is 0 Å². The summed E-state index contributed by atoms with van der Waals surface area (Å²) in [5.41, 5.74) is 1.12. The van der Waals surface area contributed by atoms with E-state index in [-0.39, 0.29) is 5.91 Å². The third kappa shape index (κ3) is 3.86. The van der Waals surface area contributed by atoms with Gasteiger partial charge >= 0.3 is 0 Å². The summed E-state index contributed by atoms with van der Waals surface area (Å²) in [5, 5.41) is 2.82. The van der Waals surface area contributed by atoms with Gasteiger partial charge in [-0.15, -0.1) is 0 Å². The standard InChI is InChI=1S/C14H15BrN2O2/c1-17(11-5-3-2-4-6-11)10-9-16-14(18)12-7-8-13(15)19-12/h2-8H,9-10H2,1H3,(H,16,18). The van der Waals surface area contributed by atoms with Crippen LogP contribution < -0.4 is 10.2 Å². The fourth-order valence-electron chi connectivity index (χ4n) is 1.67. The Labute approximate surface area is 120 Å². The van der Waals surface area contributed by atoms with Crippen LogP contribution in [-0.4, -0.2) is 26.0 Å². The van der Waals surface area contributed by atoms with Crippen molar-refractivity contribution in [3.63, 3.8) is 0 Å². The average Bonchev–Trinajstić information content (AvgIpc) is 2.86. The SMILES string of the molecule is CN(CCNC(=O)c1ccc(Br)o1)c1ccccc1. The lowest BCUT2D eigenvalue weighted by Crippen LogP contribution is -2.32. The van der Waals surface area contributed by atoms with Crippen molar-refractivity contribution in [3.05, 3.63) is 52.9 Å². The Balaban J connectivity index is 1.79. The van der Waals surface area contributed by atoms with Gasteiger partial charge in [-0.1, -0.05) is 18.2 Å². The number of carbonyl (C=O) groups is 1. The van der Waals surface area contributed by atoms with Crippen LogP contribution in [0.5, 0.6) is 0 Å². The summed E-state index contributed by atoms with van der Waals surface area (Å²) < 4.78 is 5.73. The first kappa shape index (κ1) is 13.7. The first-order valence-corrected chi connectivity index (χ1v) is 6.76. The van der Waals surface area contributed by atoms with Gasteiger partial charge in [-0.2, -0.15) is 0 Å². The van der Waals surface area contributed by atoms with Crippen molar-refractivity contribution >= 4 is 27.5 Å². The van der Waals surface area contributed by atoms with E-state index in [9.17, 15) is 4.79 Å². The lowest BCUT2D eigenvalue weighted by molar-refractivity contribution is 0.0926. The maximum Gasteiger partial charge on any atom is 0.287 e. The number of likely N-dealkylation sites (N-methyl/N-ethyl adjacent to an activating group) is 1. The third-order valence-electron chi connectivity index (χ3n) is 2.73. The third-order valence-corrected chi connectivity index (χ3v) is 3.15. The van der Waals surface area contributed by atoms with E-state index in [1.165, 1.54) is 0 Å². The maximum atomic E-state index is 11.7. The molecule has 0 aliphatic heterocycles. The number of hydrogen-bond donors (Lipinski definition) is 1. The van der Waals surface area contributed by atoms with Gasteiger partial charge in [-0.05, 0) is 40.2 Å². The van der Waals surface area contributed by atoms with E-state index in [2.05, 4.69) is 26.1 Å². The van der Waals surface area contributed by atoms with Crippen LogP contribution in [0.15, 0.2) is 51.6 Å². The Bertz CT molecular complexity index is 539. The van der Waals surface area contributed by atoms with Gasteiger partial charge in [-0.25, -0.2) is 0 Å². The molecule has 100 valence electrons. The quantitative estimate of drug-likeness (QED) is 0.920. The monoisotopic (exact) mass is 322 g/mol. The first-order chi connectivity index (χ1) is 9.16. The van der Waals surface area contributed by atoms with Gasteiger partial charge in [0.05, 0.1) is 0 Å². The van der Waals surface area contributed by atoms with Gasteiger partial charge in [-0.3, -0.25) is 4.79 Å². The van der Waals surface area contributed by atoms with Crippen LogP contribution in [0.2, 0.25) is 0 Å². The van der Waals surface area contributed by atoms with E-state index in [1.807, 2.05) is 37.4 Å². The van der Waals surface area contributed by atoms with Gasteiger partial charge in [0.1, 0.15) is 0 Å². The van der Waals surface area contributed by atoms with E-state index in [0.29, 0.717) is 17.0 Å². The predicted molar refractivity (Wildman–Crippen MR) is 78.5 cm³/mol. The summed E-state index contributed by atoms with van der Waals surface area (Å²) in [4.78, 5) is 13.8. The summed E-state index contributed by atoms with van der Waals surface area (Å²) in [6.45, 7) is 1.29. The largest absolute Gasteiger partial charge is 0.444 e.